The molecule has 0 bridgehead atoms. The van der Waals surface area contributed by atoms with Gasteiger partial charge in [0.25, 0.3) is 5.91 Å². The predicted molar refractivity (Wildman–Crippen MR) is 58.9 cm³/mol. The van der Waals surface area contributed by atoms with Gasteiger partial charge in [0.05, 0.1) is 0 Å². The largest absolute Gasteiger partial charge is 0.382 e. The molecule has 1 aromatic heterocycles. The summed E-state index contributed by atoms with van der Waals surface area (Å²) in [6, 6.07) is 1.30. The molecular weight excluding hydrogens is 216 g/mol. The Bertz CT molecular complexity index is 376. The molecule has 0 aliphatic carbocycles. The van der Waals surface area contributed by atoms with Crippen molar-refractivity contribution in [2.24, 2.45) is 0 Å². The zero-order chi connectivity index (χ0) is 11.4. The maximum atomic E-state index is 11.5. The Morgan fingerprint density at radius 1 is 1.80 bits per heavy atom. The molecule has 0 saturated carbocycles. The van der Waals surface area contributed by atoms with Crippen LogP contribution in [-0.2, 0) is 10.8 Å². The predicted octanol–water partition coefficient (Wildman–Crippen LogP) is -0.511. The third-order valence-corrected chi connectivity index (χ3v) is 2.67. The van der Waals surface area contributed by atoms with E-state index >= 15 is 0 Å². The molecule has 1 rings (SSSR count). The van der Waals surface area contributed by atoms with Gasteiger partial charge < -0.3 is 11.1 Å². The number of nitrogens with two attached hydrogens (primary N) is 1. The number of hydrogen-bond donors (Lipinski definition) is 3. The molecule has 0 aromatic carbocycles. The molecule has 0 fully saturated rings. The van der Waals surface area contributed by atoms with Gasteiger partial charge >= 0.3 is 0 Å². The summed E-state index contributed by atoms with van der Waals surface area (Å²) in [4.78, 5) is 11.5. The van der Waals surface area contributed by atoms with Gasteiger partial charge in [-0.1, -0.05) is 0 Å². The van der Waals surface area contributed by atoms with E-state index < -0.39 is 10.8 Å². The fraction of sp³-hybridized carbons (Fsp3) is 0.500. The summed E-state index contributed by atoms with van der Waals surface area (Å²) < 4.78 is 10.9. The normalized spacial score (nSPS) is 14.5. The van der Waals surface area contributed by atoms with Crippen LogP contribution in [0.25, 0.3) is 0 Å². The van der Waals surface area contributed by atoms with Crippen LogP contribution in [0.3, 0.4) is 0 Å². The second kappa shape index (κ2) is 4.92. The second-order valence-corrected chi connectivity index (χ2v) is 4.80. The number of aromatic nitrogens is 2. The highest BCUT2D eigenvalue weighted by molar-refractivity contribution is 7.84. The van der Waals surface area contributed by atoms with E-state index in [9.17, 15) is 9.00 Å². The first-order valence-corrected chi connectivity index (χ1v) is 6.13. The van der Waals surface area contributed by atoms with Crippen molar-refractivity contribution in [3.63, 3.8) is 0 Å². The molecule has 0 spiro atoms. The number of nitrogens with one attached hydrogen (secondary N) is 2. The molecule has 0 saturated heterocycles. The van der Waals surface area contributed by atoms with Crippen LogP contribution >= 0.6 is 0 Å². The number of hydrogen-bond acceptors (Lipinski definition) is 4. The standard InChI is InChI=1S/C8H14N4O2S/c1-5(4-15(2)14)10-8(13)6-3-7(9)12-11-6/h3,5H,4H2,1-2H3,(H,10,13)(H3,9,11,12). The Morgan fingerprint density at radius 3 is 2.93 bits per heavy atom. The zero-order valence-electron chi connectivity index (χ0n) is 8.61. The molecule has 0 radical (unpaired) electrons. The van der Waals surface area contributed by atoms with E-state index in [2.05, 4.69) is 15.5 Å². The van der Waals surface area contributed by atoms with E-state index in [0.717, 1.165) is 0 Å². The zero-order valence-corrected chi connectivity index (χ0v) is 9.43. The van der Waals surface area contributed by atoms with Gasteiger partial charge in [0.2, 0.25) is 0 Å². The summed E-state index contributed by atoms with van der Waals surface area (Å²) in [5, 5.41) is 8.82. The number of H-pyrrole nitrogens is 1. The molecule has 6 nitrogen and oxygen atoms in total. The summed E-state index contributed by atoms with van der Waals surface area (Å²) in [5.74, 6) is 0.402. The van der Waals surface area contributed by atoms with Crippen molar-refractivity contribution in [1.29, 1.82) is 0 Å². The molecule has 1 aromatic rings. The molecular formula is C8H14N4O2S. The lowest BCUT2D eigenvalue weighted by Crippen LogP contribution is -2.36. The van der Waals surface area contributed by atoms with Crippen molar-refractivity contribution < 1.29 is 9.00 Å². The van der Waals surface area contributed by atoms with Gasteiger partial charge in [-0.25, -0.2) is 0 Å². The number of carbonyl (C=O) groups is 1. The van der Waals surface area contributed by atoms with Crippen LogP contribution in [0.15, 0.2) is 6.07 Å². The van der Waals surface area contributed by atoms with Gasteiger partial charge in [-0.3, -0.25) is 14.1 Å². The van der Waals surface area contributed by atoms with Crippen LogP contribution in [0.5, 0.6) is 0 Å². The Hall–Kier alpha value is -1.37. The number of nitrogen functional groups attached to an aromatic ring is 1. The Balaban J connectivity index is 2.52. The molecule has 0 aliphatic rings. The van der Waals surface area contributed by atoms with E-state index in [1.807, 2.05) is 0 Å². The van der Waals surface area contributed by atoms with Crippen LogP contribution in [0.2, 0.25) is 0 Å². The first kappa shape index (κ1) is 11.7. The summed E-state index contributed by atoms with van der Waals surface area (Å²) in [6.07, 6.45) is 1.59. The molecule has 4 N–H and O–H groups in total. The van der Waals surface area contributed by atoms with Crippen LogP contribution in [0.1, 0.15) is 17.4 Å². The summed E-state index contributed by atoms with van der Waals surface area (Å²) >= 11 is 0. The van der Waals surface area contributed by atoms with Crippen molar-refractivity contribution in [3.05, 3.63) is 11.8 Å². The summed E-state index contributed by atoms with van der Waals surface area (Å²) in [7, 11) is -0.929. The maximum Gasteiger partial charge on any atom is 0.269 e. The number of anilines is 1. The Labute approximate surface area is 90.1 Å². The van der Waals surface area contributed by atoms with Crippen molar-refractivity contribution in [1.82, 2.24) is 15.5 Å². The van der Waals surface area contributed by atoms with Gasteiger partial charge in [-0.2, -0.15) is 5.10 Å². The van der Waals surface area contributed by atoms with Crippen LogP contribution < -0.4 is 11.1 Å². The van der Waals surface area contributed by atoms with Gasteiger partial charge in [0.15, 0.2) is 0 Å². The minimum Gasteiger partial charge on any atom is -0.382 e. The molecule has 84 valence electrons. The molecule has 1 amide bonds. The van der Waals surface area contributed by atoms with Crippen LogP contribution in [0, 0.1) is 0 Å². The quantitative estimate of drug-likeness (QED) is 0.648. The minimum atomic E-state index is -0.929. The fourth-order valence-corrected chi connectivity index (χ4v) is 1.94. The van der Waals surface area contributed by atoms with Gasteiger partial charge in [0, 0.05) is 34.9 Å². The molecule has 7 heteroatoms. The lowest BCUT2D eigenvalue weighted by Gasteiger charge is -2.10. The molecule has 0 aliphatic heterocycles. The number of amides is 1. The van der Waals surface area contributed by atoms with E-state index in [1.54, 1.807) is 13.2 Å². The van der Waals surface area contributed by atoms with Gasteiger partial charge in [0.1, 0.15) is 11.5 Å². The molecule has 2 atom stereocenters. The third kappa shape index (κ3) is 3.70. The second-order valence-electron chi connectivity index (χ2n) is 3.32. The van der Waals surface area contributed by atoms with Crippen molar-refractivity contribution >= 4 is 22.5 Å². The fourth-order valence-electron chi connectivity index (χ4n) is 1.15. The molecule has 15 heavy (non-hydrogen) atoms. The summed E-state index contributed by atoms with van der Waals surface area (Å²) in [6.45, 7) is 1.79. The Morgan fingerprint density at radius 2 is 2.47 bits per heavy atom. The highest BCUT2D eigenvalue weighted by Crippen LogP contribution is 2.00. The van der Waals surface area contributed by atoms with Crippen molar-refractivity contribution in [3.8, 4) is 0 Å². The summed E-state index contributed by atoms with van der Waals surface area (Å²) in [5.41, 5.74) is 5.66. The van der Waals surface area contributed by atoms with E-state index in [0.29, 0.717) is 11.4 Å². The van der Waals surface area contributed by atoms with Crippen LogP contribution in [-0.4, -0.2) is 38.4 Å². The topological polar surface area (TPSA) is 101 Å². The first-order chi connectivity index (χ1) is 6.99. The van der Waals surface area contributed by atoms with E-state index in [4.69, 9.17) is 5.73 Å². The van der Waals surface area contributed by atoms with Crippen molar-refractivity contribution in [2.45, 2.75) is 13.0 Å². The maximum absolute atomic E-state index is 11.5. The average molecular weight is 230 g/mol. The Kier molecular flexibility index (Phi) is 3.84. The first-order valence-electron chi connectivity index (χ1n) is 4.41. The molecule has 2 unspecified atom stereocenters. The number of carbonyl (C=O) groups excluding carboxylic acids is 1. The smallest absolute Gasteiger partial charge is 0.269 e. The van der Waals surface area contributed by atoms with E-state index in [-0.39, 0.29) is 17.8 Å². The highest BCUT2D eigenvalue weighted by atomic mass is 32.2. The SMILES string of the molecule is CC(CS(C)=O)NC(=O)c1cc(N)n[nH]1. The monoisotopic (exact) mass is 230 g/mol. The number of nitrogens with zero attached hydrogens (tertiary/aromatic N) is 1. The minimum absolute atomic E-state index is 0.146. The molecule has 1 heterocycles. The van der Waals surface area contributed by atoms with E-state index in [1.165, 1.54) is 6.07 Å². The third-order valence-electron chi connectivity index (χ3n) is 1.70. The average Bonchev–Trinajstić information content (AvgIpc) is 2.49. The lowest BCUT2D eigenvalue weighted by atomic mass is 10.3. The van der Waals surface area contributed by atoms with Crippen molar-refractivity contribution in [2.75, 3.05) is 17.7 Å². The van der Waals surface area contributed by atoms with Gasteiger partial charge in [-0.15, -0.1) is 0 Å². The lowest BCUT2D eigenvalue weighted by molar-refractivity contribution is 0.0938. The number of rotatable bonds is 4. The van der Waals surface area contributed by atoms with Crippen LogP contribution in [0.4, 0.5) is 5.82 Å². The highest BCUT2D eigenvalue weighted by Gasteiger charge is 2.12. The van der Waals surface area contributed by atoms with Gasteiger partial charge in [-0.05, 0) is 6.92 Å². The number of aromatic amines is 1.